The van der Waals surface area contributed by atoms with Crippen molar-refractivity contribution in [3.8, 4) is 0 Å². The smallest absolute Gasteiger partial charge is 0.129 e. The van der Waals surface area contributed by atoms with Crippen LogP contribution in [-0.4, -0.2) is 31.1 Å². The summed E-state index contributed by atoms with van der Waals surface area (Å²) in [7, 11) is 2.09. The minimum atomic E-state index is -0.291. The molecule has 1 heterocycles. The molecule has 0 amide bonds. The zero-order chi connectivity index (χ0) is 17.3. The van der Waals surface area contributed by atoms with Crippen LogP contribution in [0.3, 0.4) is 0 Å². The summed E-state index contributed by atoms with van der Waals surface area (Å²) in [6, 6.07) is 10.6. The molecule has 0 bridgehead atoms. The summed E-state index contributed by atoms with van der Waals surface area (Å²) in [5, 5.41) is 0.941. The third kappa shape index (κ3) is 3.61. The predicted octanol–water partition coefficient (Wildman–Crippen LogP) is 4.43. The van der Waals surface area contributed by atoms with Gasteiger partial charge in [-0.2, -0.15) is 0 Å². The summed E-state index contributed by atoms with van der Waals surface area (Å²) in [5.41, 5.74) is 7.79. The fourth-order valence-corrected chi connectivity index (χ4v) is 3.54. The van der Waals surface area contributed by atoms with Crippen LogP contribution in [0, 0.1) is 5.82 Å². The minimum Gasteiger partial charge on any atom is -0.398 e. The van der Waals surface area contributed by atoms with Crippen molar-refractivity contribution in [2.45, 2.75) is 19.0 Å². The summed E-state index contributed by atoms with van der Waals surface area (Å²) >= 11 is 12.4. The second kappa shape index (κ2) is 7.18. The van der Waals surface area contributed by atoms with Crippen molar-refractivity contribution in [1.29, 1.82) is 0 Å². The van der Waals surface area contributed by atoms with E-state index in [1.165, 1.54) is 6.07 Å². The molecule has 0 saturated carbocycles. The number of benzene rings is 2. The van der Waals surface area contributed by atoms with Gasteiger partial charge in [-0.15, -0.1) is 0 Å². The maximum Gasteiger partial charge on any atom is 0.129 e. The highest BCUT2D eigenvalue weighted by molar-refractivity contribution is 6.33. The first kappa shape index (κ1) is 17.3. The van der Waals surface area contributed by atoms with Crippen molar-refractivity contribution in [1.82, 2.24) is 4.90 Å². The first-order chi connectivity index (χ1) is 11.5. The fraction of sp³-hybridized carbons (Fsp3) is 0.333. The number of hydrogen-bond donors (Lipinski definition) is 1. The Balaban J connectivity index is 1.97. The average Bonchev–Trinajstić information content (AvgIpc) is 2.96. The van der Waals surface area contributed by atoms with E-state index >= 15 is 0 Å². The topological polar surface area (TPSA) is 32.5 Å². The molecule has 2 aromatic carbocycles. The van der Waals surface area contributed by atoms with Gasteiger partial charge in [0.25, 0.3) is 0 Å². The standard InChI is InChI=1S/C18H20Cl2FN3/c1-23-8-7-13(10-23)24(12-5-6-18(22)16(20)9-12)11-14-15(19)3-2-4-17(14)21/h2-6,9,13H,7-8,10-11,22H2,1H3. The monoisotopic (exact) mass is 367 g/mol. The fourth-order valence-electron chi connectivity index (χ4n) is 3.15. The Morgan fingerprint density at radius 1 is 1.25 bits per heavy atom. The van der Waals surface area contributed by atoms with Crippen LogP contribution in [0.15, 0.2) is 36.4 Å². The minimum absolute atomic E-state index is 0.269. The molecular formula is C18H20Cl2FN3. The summed E-state index contributed by atoms with van der Waals surface area (Å²) in [5.74, 6) is -0.291. The Kier molecular flexibility index (Phi) is 5.18. The van der Waals surface area contributed by atoms with E-state index in [4.69, 9.17) is 28.9 Å². The lowest BCUT2D eigenvalue weighted by atomic mass is 10.1. The van der Waals surface area contributed by atoms with Crippen LogP contribution in [0.5, 0.6) is 0 Å². The molecule has 1 saturated heterocycles. The number of nitrogen functional groups attached to an aromatic ring is 1. The first-order valence-corrected chi connectivity index (χ1v) is 8.64. The van der Waals surface area contributed by atoms with Crippen molar-refractivity contribution in [3.63, 3.8) is 0 Å². The van der Waals surface area contributed by atoms with E-state index in [1.54, 1.807) is 18.2 Å². The third-order valence-corrected chi connectivity index (χ3v) is 5.19. The SMILES string of the molecule is CN1CCC(N(Cc2c(F)cccc2Cl)c2ccc(N)c(Cl)c2)C1. The zero-order valence-electron chi connectivity index (χ0n) is 13.5. The number of hydrogen-bond acceptors (Lipinski definition) is 3. The third-order valence-electron chi connectivity index (χ3n) is 4.51. The molecule has 24 heavy (non-hydrogen) atoms. The van der Waals surface area contributed by atoms with E-state index in [-0.39, 0.29) is 11.9 Å². The molecule has 3 nitrogen and oxygen atoms in total. The van der Waals surface area contributed by atoms with Gasteiger partial charge in [-0.3, -0.25) is 0 Å². The number of halogens is 3. The van der Waals surface area contributed by atoms with Gasteiger partial charge in [-0.05, 0) is 50.3 Å². The largest absolute Gasteiger partial charge is 0.398 e. The van der Waals surface area contributed by atoms with Crippen LogP contribution in [0.25, 0.3) is 0 Å². The number of nitrogens with zero attached hydrogens (tertiary/aromatic N) is 2. The Morgan fingerprint density at radius 3 is 2.67 bits per heavy atom. The highest BCUT2D eigenvalue weighted by Crippen LogP contribution is 2.31. The van der Waals surface area contributed by atoms with E-state index in [9.17, 15) is 4.39 Å². The maximum atomic E-state index is 14.3. The lowest BCUT2D eigenvalue weighted by Gasteiger charge is -2.32. The normalized spacial score (nSPS) is 18.1. The van der Waals surface area contributed by atoms with Gasteiger partial charge in [0.2, 0.25) is 0 Å². The van der Waals surface area contributed by atoms with Crippen LogP contribution in [0.4, 0.5) is 15.8 Å². The van der Waals surface area contributed by atoms with Crippen LogP contribution in [0.1, 0.15) is 12.0 Å². The Bertz CT molecular complexity index is 718. The van der Waals surface area contributed by atoms with Gasteiger partial charge in [-0.1, -0.05) is 29.3 Å². The number of nitrogens with two attached hydrogens (primary N) is 1. The highest BCUT2D eigenvalue weighted by Gasteiger charge is 2.27. The average molecular weight is 368 g/mol. The van der Waals surface area contributed by atoms with Crippen molar-refractivity contribution in [2.75, 3.05) is 30.8 Å². The molecule has 0 aromatic heterocycles. The van der Waals surface area contributed by atoms with Gasteiger partial charge >= 0.3 is 0 Å². The summed E-state index contributed by atoms with van der Waals surface area (Å²) in [4.78, 5) is 4.43. The Morgan fingerprint density at radius 2 is 2.04 bits per heavy atom. The number of rotatable bonds is 4. The Hall–Kier alpha value is -1.49. The van der Waals surface area contributed by atoms with Gasteiger partial charge in [0.05, 0.1) is 10.7 Å². The van der Waals surface area contributed by atoms with Crippen molar-refractivity contribution in [2.24, 2.45) is 0 Å². The zero-order valence-corrected chi connectivity index (χ0v) is 15.0. The number of likely N-dealkylation sites (tertiary alicyclic amines) is 1. The molecule has 1 fully saturated rings. The van der Waals surface area contributed by atoms with Crippen LogP contribution >= 0.6 is 23.2 Å². The van der Waals surface area contributed by atoms with Crippen LogP contribution in [0.2, 0.25) is 10.0 Å². The summed E-state index contributed by atoms with van der Waals surface area (Å²) in [6.07, 6.45) is 1.00. The van der Waals surface area contributed by atoms with E-state index in [1.807, 2.05) is 12.1 Å². The molecule has 1 atom stereocenters. The lowest BCUT2D eigenvalue weighted by molar-refractivity contribution is 0.407. The molecule has 0 aliphatic carbocycles. The van der Waals surface area contributed by atoms with Gasteiger partial charge in [0.1, 0.15) is 5.82 Å². The van der Waals surface area contributed by atoms with Crippen LogP contribution < -0.4 is 10.6 Å². The molecule has 1 unspecified atom stereocenters. The molecule has 0 spiro atoms. The van der Waals surface area contributed by atoms with E-state index in [0.717, 1.165) is 25.2 Å². The molecule has 1 aliphatic rings. The lowest BCUT2D eigenvalue weighted by Crippen LogP contribution is -2.37. The van der Waals surface area contributed by atoms with Crippen molar-refractivity contribution >= 4 is 34.6 Å². The molecule has 3 rings (SSSR count). The molecule has 0 radical (unpaired) electrons. The van der Waals surface area contributed by atoms with Crippen molar-refractivity contribution < 1.29 is 4.39 Å². The predicted molar refractivity (Wildman–Crippen MR) is 99.4 cm³/mol. The molecule has 1 aliphatic heterocycles. The highest BCUT2D eigenvalue weighted by atomic mass is 35.5. The summed E-state index contributed by atoms with van der Waals surface area (Å²) < 4.78 is 14.3. The quantitative estimate of drug-likeness (QED) is 0.811. The molecule has 6 heteroatoms. The molecule has 2 N–H and O–H groups in total. The summed E-state index contributed by atoms with van der Waals surface area (Å²) in [6.45, 7) is 2.31. The van der Waals surface area contributed by atoms with Gasteiger partial charge in [0, 0.05) is 35.4 Å². The first-order valence-electron chi connectivity index (χ1n) is 7.89. The van der Waals surface area contributed by atoms with E-state index in [0.29, 0.717) is 27.8 Å². The molecule has 128 valence electrons. The van der Waals surface area contributed by atoms with E-state index in [2.05, 4.69) is 16.8 Å². The molecule has 2 aromatic rings. The van der Waals surface area contributed by atoms with Crippen LogP contribution in [-0.2, 0) is 6.54 Å². The maximum absolute atomic E-state index is 14.3. The second-order valence-electron chi connectivity index (χ2n) is 6.24. The molecular weight excluding hydrogens is 348 g/mol. The van der Waals surface area contributed by atoms with Crippen molar-refractivity contribution in [3.05, 3.63) is 57.8 Å². The Labute approximate surface area is 151 Å². The second-order valence-corrected chi connectivity index (χ2v) is 7.05. The van der Waals surface area contributed by atoms with E-state index < -0.39 is 0 Å². The van der Waals surface area contributed by atoms with Gasteiger partial charge in [0.15, 0.2) is 0 Å². The van der Waals surface area contributed by atoms with Gasteiger partial charge < -0.3 is 15.5 Å². The number of anilines is 2. The number of likely N-dealkylation sites (N-methyl/N-ethyl adjacent to an activating group) is 1. The van der Waals surface area contributed by atoms with Gasteiger partial charge in [-0.25, -0.2) is 4.39 Å².